The molecule has 18 heavy (non-hydrogen) atoms. The molecule has 2 nitrogen and oxygen atoms in total. The van der Waals surface area contributed by atoms with E-state index in [0.29, 0.717) is 18.3 Å². The van der Waals surface area contributed by atoms with Crippen LogP contribution in [0.1, 0.15) is 25.8 Å². The number of carbonyl (C=O) groups excluding carboxylic acids is 1. The van der Waals surface area contributed by atoms with E-state index in [4.69, 9.17) is 0 Å². The molecule has 0 unspecified atom stereocenters. The molecule has 1 amide bonds. The van der Waals surface area contributed by atoms with Crippen LogP contribution in [0.5, 0.6) is 0 Å². The Bertz CT molecular complexity index is 405. The summed E-state index contributed by atoms with van der Waals surface area (Å²) in [7, 11) is 0. The van der Waals surface area contributed by atoms with Gasteiger partial charge in [-0.05, 0) is 36.0 Å². The fraction of sp³-hybridized carbons (Fsp3) is 0.533. The lowest BCUT2D eigenvalue weighted by Crippen LogP contribution is -2.43. The largest absolute Gasteiger partial charge is 0.342 e. The minimum absolute atomic E-state index is 0.153. The maximum atomic E-state index is 12.8. The highest BCUT2D eigenvalue weighted by Crippen LogP contribution is 2.21. The standard InChI is InChI=1S/C15H20FNO/c1-11-7-12(2)10-17(9-11)15(18)8-13-3-5-14(16)6-4-13/h3-6,11-12H,7-10H2,1-2H3/t11-,12-/m1/s1. The Morgan fingerprint density at radius 3 is 2.33 bits per heavy atom. The van der Waals surface area contributed by atoms with Crippen LogP contribution in [0.3, 0.4) is 0 Å². The van der Waals surface area contributed by atoms with Crippen LogP contribution in [0.15, 0.2) is 24.3 Å². The van der Waals surface area contributed by atoms with E-state index in [1.165, 1.54) is 18.6 Å². The van der Waals surface area contributed by atoms with Gasteiger partial charge in [0.1, 0.15) is 5.82 Å². The first-order valence-corrected chi connectivity index (χ1v) is 6.57. The van der Waals surface area contributed by atoms with E-state index in [2.05, 4.69) is 13.8 Å². The summed E-state index contributed by atoms with van der Waals surface area (Å²) in [6.07, 6.45) is 1.57. The van der Waals surface area contributed by atoms with Crippen molar-refractivity contribution in [3.63, 3.8) is 0 Å². The Morgan fingerprint density at radius 1 is 1.22 bits per heavy atom. The molecule has 0 spiro atoms. The number of benzene rings is 1. The Labute approximate surface area is 108 Å². The van der Waals surface area contributed by atoms with E-state index < -0.39 is 0 Å². The van der Waals surface area contributed by atoms with Gasteiger partial charge in [0.15, 0.2) is 0 Å². The summed E-state index contributed by atoms with van der Waals surface area (Å²) in [6, 6.07) is 6.18. The van der Waals surface area contributed by atoms with E-state index in [1.807, 2.05) is 4.90 Å². The van der Waals surface area contributed by atoms with Crippen molar-refractivity contribution in [2.75, 3.05) is 13.1 Å². The minimum Gasteiger partial charge on any atom is -0.342 e. The molecule has 0 N–H and O–H groups in total. The van der Waals surface area contributed by atoms with E-state index >= 15 is 0 Å². The molecule has 1 aromatic rings. The smallest absolute Gasteiger partial charge is 0.227 e. The molecule has 0 radical (unpaired) electrons. The van der Waals surface area contributed by atoms with Gasteiger partial charge < -0.3 is 4.90 Å². The molecule has 1 fully saturated rings. The molecule has 2 rings (SSSR count). The van der Waals surface area contributed by atoms with E-state index in [0.717, 1.165) is 18.7 Å². The lowest BCUT2D eigenvalue weighted by atomic mass is 9.91. The Morgan fingerprint density at radius 2 is 1.78 bits per heavy atom. The third kappa shape index (κ3) is 3.31. The molecule has 1 heterocycles. The molecular weight excluding hydrogens is 229 g/mol. The van der Waals surface area contributed by atoms with Crippen LogP contribution < -0.4 is 0 Å². The molecule has 1 aliphatic rings. The number of rotatable bonds is 2. The van der Waals surface area contributed by atoms with Gasteiger partial charge in [0.05, 0.1) is 6.42 Å². The number of piperidine rings is 1. The molecule has 1 aromatic carbocycles. The number of nitrogens with zero attached hydrogens (tertiary/aromatic N) is 1. The summed E-state index contributed by atoms with van der Waals surface area (Å²) in [5.41, 5.74) is 0.882. The summed E-state index contributed by atoms with van der Waals surface area (Å²) >= 11 is 0. The predicted molar refractivity (Wildman–Crippen MR) is 69.6 cm³/mol. The predicted octanol–water partition coefficient (Wildman–Crippen LogP) is 2.87. The number of amides is 1. The first kappa shape index (κ1) is 13.1. The molecular formula is C15H20FNO. The van der Waals surface area contributed by atoms with Crippen molar-refractivity contribution in [1.29, 1.82) is 0 Å². The van der Waals surface area contributed by atoms with Gasteiger partial charge in [0.25, 0.3) is 0 Å². The molecule has 98 valence electrons. The van der Waals surface area contributed by atoms with Crippen LogP contribution in [0, 0.1) is 17.7 Å². The molecule has 1 aliphatic heterocycles. The summed E-state index contributed by atoms with van der Waals surface area (Å²) in [5, 5.41) is 0. The van der Waals surface area contributed by atoms with Gasteiger partial charge in [-0.3, -0.25) is 4.79 Å². The molecule has 0 aliphatic carbocycles. The SMILES string of the molecule is C[C@@H]1C[C@@H](C)CN(C(=O)Cc2ccc(F)cc2)C1. The van der Waals surface area contributed by atoms with Gasteiger partial charge in [0, 0.05) is 13.1 Å². The van der Waals surface area contributed by atoms with Crippen molar-refractivity contribution in [3.8, 4) is 0 Å². The average Bonchev–Trinajstić information content (AvgIpc) is 2.31. The number of halogens is 1. The number of hydrogen-bond acceptors (Lipinski definition) is 1. The second-order valence-electron chi connectivity index (χ2n) is 5.55. The van der Waals surface area contributed by atoms with Crippen LogP contribution in [-0.4, -0.2) is 23.9 Å². The second-order valence-corrected chi connectivity index (χ2v) is 5.55. The monoisotopic (exact) mass is 249 g/mol. The molecule has 2 atom stereocenters. The molecule has 0 saturated carbocycles. The first-order chi connectivity index (χ1) is 8.54. The van der Waals surface area contributed by atoms with E-state index in [1.54, 1.807) is 12.1 Å². The van der Waals surface area contributed by atoms with Crippen molar-refractivity contribution in [1.82, 2.24) is 4.90 Å². The van der Waals surface area contributed by atoms with Crippen molar-refractivity contribution >= 4 is 5.91 Å². The van der Waals surface area contributed by atoms with Gasteiger partial charge in [0.2, 0.25) is 5.91 Å². The summed E-state index contributed by atoms with van der Waals surface area (Å²) in [6.45, 7) is 6.08. The average molecular weight is 249 g/mol. The Hall–Kier alpha value is -1.38. The Balaban J connectivity index is 1.97. The van der Waals surface area contributed by atoms with Crippen LogP contribution in [0.25, 0.3) is 0 Å². The van der Waals surface area contributed by atoms with E-state index in [9.17, 15) is 9.18 Å². The van der Waals surface area contributed by atoms with Gasteiger partial charge in [-0.25, -0.2) is 4.39 Å². The van der Waals surface area contributed by atoms with Gasteiger partial charge >= 0.3 is 0 Å². The zero-order valence-electron chi connectivity index (χ0n) is 11.0. The van der Waals surface area contributed by atoms with Crippen molar-refractivity contribution in [3.05, 3.63) is 35.6 Å². The second kappa shape index (κ2) is 5.51. The number of likely N-dealkylation sites (tertiary alicyclic amines) is 1. The molecule has 0 aromatic heterocycles. The van der Waals surface area contributed by atoms with Crippen LogP contribution in [0.4, 0.5) is 4.39 Å². The highest BCUT2D eigenvalue weighted by Gasteiger charge is 2.25. The van der Waals surface area contributed by atoms with Crippen LogP contribution in [-0.2, 0) is 11.2 Å². The summed E-state index contributed by atoms with van der Waals surface area (Å²) in [5.74, 6) is 1.04. The van der Waals surface area contributed by atoms with Crippen molar-refractivity contribution in [2.24, 2.45) is 11.8 Å². The third-order valence-corrected chi connectivity index (χ3v) is 3.49. The molecule has 3 heteroatoms. The summed E-state index contributed by atoms with van der Waals surface area (Å²) < 4.78 is 12.8. The fourth-order valence-electron chi connectivity index (χ4n) is 2.76. The van der Waals surface area contributed by atoms with Gasteiger partial charge in [-0.15, -0.1) is 0 Å². The fourth-order valence-corrected chi connectivity index (χ4v) is 2.76. The third-order valence-electron chi connectivity index (χ3n) is 3.49. The lowest BCUT2D eigenvalue weighted by molar-refractivity contribution is -0.133. The van der Waals surface area contributed by atoms with Crippen molar-refractivity contribution in [2.45, 2.75) is 26.7 Å². The van der Waals surface area contributed by atoms with E-state index in [-0.39, 0.29) is 11.7 Å². The highest BCUT2D eigenvalue weighted by atomic mass is 19.1. The quantitative estimate of drug-likeness (QED) is 0.789. The normalized spacial score (nSPS) is 24.1. The van der Waals surface area contributed by atoms with Crippen molar-refractivity contribution < 1.29 is 9.18 Å². The minimum atomic E-state index is -0.258. The topological polar surface area (TPSA) is 20.3 Å². The first-order valence-electron chi connectivity index (χ1n) is 6.57. The molecule has 0 bridgehead atoms. The number of carbonyl (C=O) groups is 1. The zero-order chi connectivity index (χ0) is 13.1. The summed E-state index contributed by atoms with van der Waals surface area (Å²) in [4.78, 5) is 14.1. The van der Waals surface area contributed by atoms with Crippen LogP contribution in [0.2, 0.25) is 0 Å². The Kier molecular flexibility index (Phi) is 4.00. The van der Waals surface area contributed by atoms with Gasteiger partial charge in [-0.1, -0.05) is 26.0 Å². The molecule has 1 saturated heterocycles. The lowest BCUT2D eigenvalue weighted by Gasteiger charge is -2.35. The van der Waals surface area contributed by atoms with Crippen LogP contribution >= 0.6 is 0 Å². The number of hydrogen-bond donors (Lipinski definition) is 0. The van der Waals surface area contributed by atoms with Gasteiger partial charge in [-0.2, -0.15) is 0 Å². The zero-order valence-corrected chi connectivity index (χ0v) is 11.0. The maximum Gasteiger partial charge on any atom is 0.227 e. The highest BCUT2D eigenvalue weighted by molar-refractivity contribution is 5.78. The maximum absolute atomic E-state index is 12.8.